The van der Waals surface area contributed by atoms with E-state index in [4.69, 9.17) is 0 Å². The van der Waals surface area contributed by atoms with Crippen molar-refractivity contribution in [1.29, 1.82) is 0 Å². The minimum absolute atomic E-state index is 0.117. The van der Waals surface area contributed by atoms with Crippen molar-refractivity contribution in [3.63, 3.8) is 0 Å². The van der Waals surface area contributed by atoms with Crippen LogP contribution in [0.1, 0.15) is 22.4 Å². The first-order chi connectivity index (χ1) is 14.0. The Morgan fingerprint density at radius 2 is 1.83 bits per heavy atom. The number of hydrogen-bond donors (Lipinski definition) is 1. The van der Waals surface area contributed by atoms with Crippen LogP contribution in [-0.2, 0) is 24.8 Å². The number of carbonyl (C=O) groups is 1. The van der Waals surface area contributed by atoms with Crippen molar-refractivity contribution < 1.29 is 4.79 Å². The molecule has 148 valence electrons. The van der Waals surface area contributed by atoms with Crippen LogP contribution in [0.15, 0.2) is 59.5 Å². The summed E-state index contributed by atoms with van der Waals surface area (Å²) in [6.07, 6.45) is 2.80. The number of aromatic nitrogens is 3. The highest BCUT2D eigenvalue weighted by Gasteiger charge is 2.12. The number of hydrogen-bond acceptors (Lipinski definition) is 4. The monoisotopic (exact) mass is 406 g/mol. The van der Waals surface area contributed by atoms with Crippen LogP contribution in [0, 0.1) is 6.92 Å². The smallest absolute Gasteiger partial charge is 0.302 e. The highest BCUT2D eigenvalue weighted by Crippen LogP contribution is 2.21. The lowest BCUT2D eigenvalue weighted by Gasteiger charge is -2.04. The van der Waals surface area contributed by atoms with Crippen LogP contribution >= 0.6 is 11.3 Å². The summed E-state index contributed by atoms with van der Waals surface area (Å²) in [7, 11) is 1.74. The number of fused-ring (bicyclic) bond motifs is 1. The van der Waals surface area contributed by atoms with Crippen molar-refractivity contribution >= 4 is 33.4 Å². The Morgan fingerprint density at radius 3 is 2.59 bits per heavy atom. The van der Waals surface area contributed by atoms with Gasteiger partial charge in [-0.15, -0.1) is 11.3 Å². The van der Waals surface area contributed by atoms with Gasteiger partial charge >= 0.3 is 5.69 Å². The van der Waals surface area contributed by atoms with E-state index in [0.29, 0.717) is 11.7 Å². The molecule has 1 amide bonds. The lowest BCUT2D eigenvalue weighted by Crippen LogP contribution is -2.24. The fraction of sp³-hybridized carbons (Fsp3) is 0.227. The summed E-state index contributed by atoms with van der Waals surface area (Å²) in [4.78, 5) is 30.2. The maximum Gasteiger partial charge on any atom is 0.328 e. The van der Waals surface area contributed by atoms with E-state index in [1.165, 1.54) is 22.5 Å². The van der Waals surface area contributed by atoms with E-state index in [0.717, 1.165) is 22.3 Å². The summed E-state index contributed by atoms with van der Waals surface area (Å²) in [5.41, 5.74) is 4.03. The van der Waals surface area contributed by atoms with Gasteiger partial charge in [0.1, 0.15) is 0 Å². The van der Waals surface area contributed by atoms with Crippen LogP contribution in [0.5, 0.6) is 0 Å². The third-order valence-corrected chi connectivity index (χ3v) is 5.83. The maximum absolute atomic E-state index is 12.4. The number of para-hydroxylation sites is 2. The number of anilines is 1. The minimum Gasteiger partial charge on any atom is -0.302 e. The van der Waals surface area contributed by atoms with Crippen LogP contribution in [0.3, 0.4) is 0 Å². The average molecular weight is 407 g/mol. The largest absolute Gasteiger partial charge is 0.328 e. The molecule has 29 heavy (non-hydrogen) atoms. The van der Waals surface area contributed by atoms with E-state index in [9.17, 15) is 9.59 Å². The van der Waals surface area contributed by atoms with Crippen LogP contribution in [0.2, 0.25) is 0 Å². The van der Waals surface area contributed by atoms with Crippen molar-refractivity contribution in [2.75, 3.05) is 5.32 Å². The number of nitrogens with zero attached hydrogens (tertiary/aromatic N) is 3. The van der Waals surface area contributed by atoms with E-state index in [2.05, 4.69) is 41.5 Å². The molecule has 6 nitrogen and oxygen atoms in total. The molecule has 2 heterocycles. The average Bonchev–Trinajstić information content (AvgIpc) is 3.25. The van der Waals surface area contributed by atoms with E-state index in [1.807, 2.05) is 24.3 Å². The van der Waals surface area contributed by atoms with Gasteiger partial charge in [-0.1, -0.05) is 42.0 Å². The predicted molar refractivity (Wildman–Crippen MR) is 117 cm³/mol. The predicted octanol–water partition coefficient (Wildman–Crippen LogP) is 3.72. The summed E-state index contributed by atoms with van der Waals surface area (Å²) in [5.74, 6) is -0.152. The van der Waals surface area contributed by atoms with Gasteiger partial charge < -0.3 is 5.32 Å². The molecule has 0 atom stereocenters. The number of carbonyl (C=O) groups excluding carboxylic acids is 1. The van der Waals surface area contributed by atoms with Gasteiger partial charge in [-0.2, -0.15) is 0 Å². The fourth-order valence-electron chi connectivity index (χ4n) is 3.33. The second kappa shape index (κ2) is 8.05. The first-order valence-corrected chi connectivity index (χ1v) is 10.3. The first-order valence-electron chi connectivity index (χ1n) is 9.45. The molecule has 0 spiro atoms. The molecule has 0 bridgehead atoms. The second-order valence-corrected chi connectivity index (χ2v) is 8.19. The van der Waals surface area contributed by atoms with Crippen molar-refractivity contribution in [2.45, 2.75) is 26.3 Å². The molecule has 0 saturated heterocycles. The SMILES string of the molecule is Cc1ccc(Cc2cnc(NC(=O)CCn3c(=O)n(C)c4ccccc43)s2)cc1. The number of nitrogens with one attached hydrogen (secondary N) is 1. The summed E-state index contributed by atoms with van der Waals surface area (Å²) in [6, 6.07) is 16.0. The molecule has 0 aliphatic carbocycles. The van der Waals surface area contributed by atoms with Gasteiger partial charge in [0.15, 0.2) is 5.13 Å². The topological polar surface area (TPSA) is 68.9 Å². The Labute approximate surface area is 172 Å². The minimum atomic E-state index is -0.152. The van der Waals surface area contributed by atoms with Gasteiger partial charge in [-0.25, -0.2) is 9.78 Å². The van der Waals surface area contributed by atoms with Crippen LogP contribution < -0.4 is 11.0 Å². The Bertz CT molecular complexity index is 1220. The van der Waals surface area contributed by atoms with E-state index >= 15 is 0 Å². The molecule has 7 heteroatoms. The van der Waals surface area contributed by atoms with E-state index in [1.54, 1.807) is 22.4 Å². The maximum atomic E-state index is 12.4. The normalized spacial score (nSPS) is 11.1. The number of thiazole rings is 1. The molecule has 0 radical (unpaired) electrons. The third-order valence-electron chi connectivity index (χ3n) is 4.91. The van der Waals surface area contributed by atoms with E-state index < -0.39 is 0 Å². The Balaban J connectivity index is 1.38. The second-order valence-electron chi connectivity index (χ2n) is 7.07. The van der Waals surface area contributed by atoms with Crippen molar-refractivity contribution in [3.05, 3.63) is 81.2 Å². The van der Waals surface area contributed by atoms with Gasteiger partial charge in [0.05, 0.1) is 11.0 Å². The van der Waals surface area contributed by atoms with Crippen LogP contribution in [0.4, 0.5) is 5.13 Å². The number of imidazole rings is 1. The van der Waals surface area contributed by atoms with Crippen LogP contribution in [0.25, 0.3) is 11.0 Å². The quantitative estimate of drug-likeness (QED) is 0.531. The van der Waals surface area contributed by atoms with Gasteiger partial charge in [0.25, 0.3) is 0 Å². The zero-order valence-electron chi connectivity index (χ0n) is 16.4. The molecule has 0 saturated carbocycles. The first kappa shape index (κ1) is 19.1. The van der Waals surface area contributed by atoms with Crippen LogP contribution in [-0.4, -0.2) is 20.0 Å². The molecular formula is C22H22N4O2S. The number of rotatable bonds is 6. The van der Waals surface area contributed by atoms with Gasteiger partial charge in [0.2, 0.25) is 5.91 Å². The molecule has 0 fully saturated rings. The lowest BCUT2D eigenvalue weighted by molar-refractivity contribution is -0.116. The summed E-state index contributed by atoms with van der Waals surface area (Å²) in [5, 5.41) is 3.43. The van der Waals surface area contributed by atoms with Crippen molar-refractivity contribution in [1.82, 2.24) is 14.1 Å². The highest BCUT2D eigenvalue weighted by atomic mass is 32.1. The van der Waals surface area contributed by atoms with E-state index in [-0.39, 0.29) is 18.0 Å². The Hall–Kier alpha value is -3.19. The molecular weight excluding hydrogens is 384 g/mol. The summed E-state index contributed by atoms with van der Waals surface area (Å²) >= 11 is 1.48. The summed E-state index contributed by atoms with van der Waals surface area (Å²) < 4.78 is 3.24. The molecule has 4 rings (SSSR count). The zero-order chi connectivity index (χ0) is 20.4. The molecule has 2 aromatic heterocycles. The number of amides is 1. The molecule has 2 aromatic carbocycles. The van der Waals surface area contributed by atoms with Crippen molar-refractivity contribution in [3.8, 4) is 0 Å². The van der Waals surface area contributed by atoms with Crippen molar-refractivity contribution in [2.24, 2.45) is 7.05 Å². The standard InChI is InChI=1S/C22H22N4O2S/c1-15-7-9-16(10-8-15)13-17-14-23-21(29-17)24-20(27)11-12-26-19-6-4-3-5-18(19)25(2)22(26)28/h3-10,14H,11-13H2,1-2H3,(H,23,24,27). The van der Waals surface area contributed by atoms with Gasteiger partial charge in [-0.05, 0) is 24.6 Å². The fourth-order valence-corrected chi connectivity index (χ4v) is 4.19. The highest BCUT2D eigenvalue weighted by molar-refractivity contribution is 7.15. The Morgan fingerprint density at radius 1 is 1.10 bits per heavy atom. The lowest BCUT2D eigenvalue weighted by atomic mass is 10.1. The zero-order valence-corrected chi connectivity index (χ0v) is 17.2. The molecule has 1 N–H and O–H groups in total. The van der Waals surface area contributed by atoms with Gasteiger partial charge in [-0.3, -0.25) is 13.9 Å². The number of aryl methyl sites for hydroxylation is 3. The number of benzene rings is 2. The third kappa shape index (κ3) is 4.14. The molecule has 0 aliphatic heterocycles. The molecule has 0 unspecified atom stereocenters. The van der Waals surface area contributed by atoms with Gasteiger partial charge in [0, 0.05) is 37.5 Å². The Kier molecular flexibility index (Phi) is 5.31. The summed E-state index contributed by atoms with van der Waals surface area (Å²) in [6.45, 7) is 2.39. The molecule has 0 aliphatic rings. The molecule has 4 aromatic rings.